The molecule has 0 radical (unpaired) electrons. The van der Waals surface area contributed by atoms with Crippen LogP contribution in [0.4, 0.5) is 13.2 Å². The Hall–Kier alpha value is -3.40. The largest absolute Gasteiger partial charge is 0.479 e. The van der Waals surface area contributed by atoms with Gasteiger partial charge in [-0.15, -0.1) is 0 Å². The number of hydrogen-bond donors (Lipinski definition) is 2. The predicted octanol–water partition coefficient (Wildman–Crippen LogP) is 4.74. The van der Waals surface area contributed by atoms with Crippen molar-refractivity contribution in [3.63, 3.8) is 0 Å². The summed E-state index contributed by atoms with van der Waals surface area (Å²) in [6.45, 7) is 1.07. The van der Waals surface area contributed by atoms with Crippen LogP contribution >= 0.6 is 0 Å². The highest BCUT2D eigenvalue weighted by molar-refractivity contribution is 5.94. The number of halogens is 3. The van der Waals surface area contributed by atoms with Crippen LogP contribution in [0.15, 0.2) is 30.5 Å². The van der Waals surface area contributed by atoms with E-state index in [0.29, 0.717) is 48.4 Å². The van der Waals surface area contributed by atoms with Crippen LogP contribution in [-0.2, 0) is 9.53 Å². The van der Waals surface area contributed by atoms with E-state index in [1.807, 2.05) is 10.6 Å². The molecule has 3 aromatic heterocycles. The van der Waals surface area contributed by atoms with Crippen molar-refractivity contribution in [1.82, 2.24) is 19.7 Å². The van der Waals surface area contributed by atoms with Crippen molar-refractivity contribution in [2.75, 3.05) is 13.2 Å². The van der Waals surface area contributed by atoms with E-state index in [1.165, 1.54) is 6.07 Å². The van der Waals surface area contributed by atoms with Crippen molar-refractivity contribution in [1.29, 1.82) is 0 Å². The molecule has 1 aliphatic heterocycles. The number of carboxylic acids is 1. The lowest BCUT2D eigenvalue weighted by atomic mass is 9.68. The van der Waals surface area contributed by atoms with Crippen molar-refractivity contribution < 1.29 is 27.8 Å². The van der Waals surface area contributed by atoms with E-state index in [9.17, 15) is 23.1 Å². The minimum atomic E-state index is -2.29. The zero-order valence-electron chi connectivity index (χ0n) is 18.0. The molecule has 2 fully saturated rings. The van der Waals surface area contributed by atoms with E-state index in [0.717, 1.165) is 28.8 Å². The summed E-state index contributed by atoms with van der Waals surface area (Å²) in [4.78, 5) is 16.2. The van der Waals surface area contributed by atoms with Crippen LogP contribution in [0.5, 0.6) is 0 Å². The highest BCUT2D eigenvalue weighted by Crippen LogP contribution is 2.53. The molecule has 0 amide bonds. The van der Waals surface area contributed by atoms with Crippen LogP contribution < -0.4 is 0 Å². The SMILES string of the molecule is O=C(O)[C@]1(F)C[C@@H](c2c(C3CCOCC3)n(-c3ccc(F)c(F)c3)c3cc4cn[nH]c4nc32)C1. The van der Waals surface area contributed by atoms with E-state index >= 15 is 0 Å². The summed E-state index contributed by atoms with van der Waals surface area (Å²) in [6.07, 6.45) is 2.67. The molecular formula is C24H21F3N4O3. The van der Waals surface area contributed by atoms with Gasteiger partial charge in [-0.2, -0.15) is 5.10 Å². The first-order valence-corrected chi connectivity index (χ1v) is 11.2. The fourth-order valence-electron chi connectivity index (χ4n) is 5.39. The molecule has 0 unspecified atom stereocenters. The number of hydrogen-bond acceptors (Lipinski definition) is 4. The lowest BCUT2D eigenvalue weighted by molar-refractivity contribution is -0.158. The highest BCUT2D eigenvalue weighted by Gasteiger charge is 2.53. The van der Waals surface area contributed by atoms with Crippen molar-refractivity contribution in [2.45, 2.75) is 43.2 Å². The van der Waals surface area contributed by atoms with Gasteiger partial charge in [0, 0.05) is 47.5 Å². The Morgan fingerprint density at radius 1 is 1.15 bits per heavy atom. The molecule has 2 N–H and O–H groups in total. The molecule has 2 aliphatic rings. The maximum atomic E-state index is 14.8. The Bertz CT molecular complexity index is 1430. The molecule has 6 rings (SSSR count). The highest BCUT2D eigenvalue weighted by atomic mass is 19.2. The third-order valence-electron chi connectivity index (χ3n) is 7.12. The smallest absolute Gasteiger partial charge is 0.341 e. The van der Waals surface area contributed by atoms with E-state index in [1.54, 1.807) is 6.20 Å². The van der Waals surface area contributed by atoms with Gasteiger partial charge in [0.2, 0.25) is 5.67 Å². The number of aromatic nitrogens is 4. The fourth-order valence-corrected chi connectivity index (χ4v) is 5.39. The number of aromatic amines is 1. The number of carboxylic acid groups (broad SMARTS) is 1. The normalized spacial score (nSPS) is 23.4. The number of benzene rings is 1. The first-order chi connectivity index (χ1) is 16.4. The second kappa shape index (κ2) is 7.56. The number of nitrogens with zero attached hydrogens (tertiary/aromatic N) is 3. The zero-order valence-corrected chi connectivity index (χ0v) is 18.0. The average Bonchev–Trinajstić information content (AvgIpc) is 3.39. The molecule has 10 heteroatoms. The average molecular weight is 470 g/mol. The van der Waals surface area contributed by atoms with Gasteiger partial charge in [0.05, 0.1) is 17.2 Å². The van der Waals surface area contributed by atoms with Crippen molar-refractivity contribution >= 4 is 28.0 Å². The zero-order chi connectivity index (χ0) is 23.6. The Balaban J connectivity index is 1.65. The summed E-state index contributed by atoms with van der Waals surface area (Å²) in [5, 5.41) is 17.0. The van der Waals surface area contributed by atoms with E-state index in [-0.39, 0.29) is 24.7 Å². The van der Waals surface area contributed by atoms with Gasteiger partial charge in [-0.1, -0.05) is 0 Å². The van der Waals surface area contributed by atoms with Gasteiger partial charge in [-0.05, 0) is 49.8 Å². The molecule has 176 valence electrons. The molecule has 0 spiro atoms. The van der Waals surface area contributed by atoms with Gasteiger partial charge >= 0.3 is 5.97 Å². The van der Waals surface area contributed by atoms with Gasteiger partial charge in [-0.25, -0.2) is 22.9 Å². The van der Waals surface area contributed by atoms with Crippen LogP contribution in [0.25, 0.3) is 27.8 Å². The predicted molar refractivity (Wildman–Crippen MR) is 117 cm³/mol. The van der Waals surface area contributed by atoms with Gasteiger partial charge in [0.15, 0.2) is 17.3 Å². The van der Waals surface area contributed by atoms with Crippen LogP contribution in [0.1, 0.15) is 48.8 Å². The van der Waals surface area contributed by atoms with Crippen LogP contribution in [0.2, 0.25) is 0 Å². The molecule has 0 bridgehead atoms. The molecule has 1 saturated heterocycles. The molecule has 7 nitrogen and oxygen atoms in total. The number of aliphatic carboxylic acids is 1. The van der Waals surface area contributed by atoms with Crippen LogP contribution in [-0.4, -0.2) is 49.7 Å². The van der Waals surface area contributed by atoms with E-state index in [4.69, 9.17) is 9.72 Å². The Kier molecular flexibility index (Phi) is 4.70. The summed E-state index contributed by atoms with van der Waals surface area (Å²) in [6, 6.07) is 5.58. The van der Waals surface area contributed by atoms with Gasteiger partial charge in [0.1, 0.15) is 0 Å². The molecule has 0 atom stereocenters. The fraction of sp³-hybridized carbons (Fsp3) is 0.375. The minimum Gasteiger partial charge on any atom is -0.479 e. The Morgan fingerprint density at radius 2 is 1.91 bits per heavy atom. The maximum absolute atomic E-state index is 14.8. The number of H-pyrrole nitrogens is 1. The second-order valence-electron chi connectivity index (χ2n) is 9.16. The summed E-state index contributed by atoms with van der Waals surface area (Å²) in [5.74, 6) is -3.77. The number of carbonyl (C=O) groups is 1. The lowest BCUT2D eigenvalue weighted by Gasteiger charge is -2.39. The molecular weight excluding hydrogens is 449 g/mol. The van der Waals surface area contributed by atoms with Crippen LogP contribution in [0.3, 0.4) is 0 Å². The second-order valence-corrected chi connectivity index (χ2v) is 9.16. The first kappa shape index (κ1) is 21.2. The molecule has 1 aliphatic carbocycles. The minimum absolute atomic E-state index is 0.00182. The van der Waals surface area contributed by atoms with Gasteiger partial charge in [0.25, 0.3) is 0 Å². The number of fused-ring (bicyclic) bond motifs is 2. The number of pyridine rings is 1. The summed E-state index contributed by atoms with van der Waals surface area (Å²) >= 11 is 0. The van der Waals surface area contributed by atoms with Gasteiger partial charge in [-0.3, -0.25) is 5.10 Å². The monoisotopic (exact) mass is 470 g/mol. The third-order valence-corrected chi connectivity index (χ3v) is 7.12. The molecule has 34 heavy (non-hydrogen) atoms. The lowest BCUT2D eigenvalue weighted by Crippen LogP contribution is -2.45. The molecule has 4 aromatic rings. The molecule has 4 heterocycles. The van der Waals surface area contributed by atoms with E-state index < -0.39 is 23.3 Å². The van der Waals surface area contributed by atoms with Gasteiger partial charge < -0.3 is 14.4 Å². The summed E-state index contributed by atoms with van der Waals surface area (Å²) in [5.41, 5.74) is 1.51. The van der Waals surface area contributed by atoms with E-state index in [2.05, 4.69) is 10.2 Å². The number of rotatable bonds is 4. The molecule has 1 saturated carbocycles. The molecule has 1 aromatic carbocycles. The third kappa shape index (κ3) is 3.12. The van der Waals surface area contributed by atoms with Crippen molar-refractivity contribution in [3.8, 4) is 5.69 Å². The summed E-state index contributed by atoms with van der Waals surface area (Å²) in [7, 11) is 0. The van der Waals surface area contributed by atoms with Crippen molar-refractivity contribution in [2.24, 2.45) is 0 Å². The Labute approximate surface area is 191 Å². The number of ether oxygens (including phenoxy) is 1. The van der Waals surface area contributed by atoms with Crippen LogP contribution in [0, 0.1) is 11.6 Å². The number of alkyl halides is 1. The first-order valence-electron chi connectivity index (χ1n) is 11.2. The maximum Gasteiger partial charge on any atom is 0.341 e. The quantitative estimate of drug-likeness (QED) is 0.449. The topological polar surface area (TPSA) is 93.0 Å². The van der Waals surface area contributed by atoms with Crippen molar-refractivity contribution in [3.05, 3.63) is 53.4 Å². The summed E-state index contributed by atoms with van der Waals surface area (Å²) < 4.78 is 50.3. The number of nitrogens with one attached hydrogen (secondary N) is 1. The standard InChI is InChI=1S/C24H21F3N4O3/c25-16-2-1-15(8-17(16)26)31-18-7-13-11-28-30-22(13)29-20(18)19(14-9-24(27,10-14)23(32)33)21(31)12-3-5-34-6-4-12/h1-2,7-8,11-12,14H,3-6,9-10H2,(H,32,33)(H,28,29,30)/t14-,24+. The Morgan fingerprint density at radius 3 is 2.62 bits per heavy atom.